The molecule has 2 aromatic heterocycles. The van der Waals surface area contributed by atoms with E-state index in [1.165, 1.54) is 17.2 Å². The summed E-state index contributed by atoms with van der Waals surface area (Å²) in [5.41, 5.74) is 34.5. The minimum absolute atomic E-state index is 0.0281. The summed E-state index contributed by atoms with van der Waals surface area (Å²) >= 11 is 0. The molecule has 8 atom stereocenters. The molecule has 1 fully saturated rings. The third-order valence-corrected chi connectivity index (χ3v) is 11.0. The number of nitrogen functional groups attached to an aromatic ring is 1. The number of hydrogen-bond acceptors (Lipinski definition) is 20. The molecule has 402 valence electrons. The number of amides is 8. The Bertz CT molecular complexity index is 2150. The van der Waals surface area contributed by atoms with Gasteiger partial charge in [-0.25, -0.2) is 15.0 Å². The topological polar surface area (TPSA) is 515 Å². The van der Waals surface area contributed by atoms with Crippen LogP contribution in [0.4, 0.5) is 5.82 Å². The molecule has 1 aliphatic rings. The van der Waals surface area contributed by atoms with Gasteiger partial charge in [-0.1, -0.05) is 0 Å². The SMILES string of the molecule is NCCCC[C@H](NC(=O)CNC(=O)CNC(=O)[C@H](CCCCN)NC(=O)CNC(=O)[C@H](CCCN=C(N)NCCC[C@H]1O[C@@H](n2cnc3c(N)ncnc32)[C@H](O)[C@@H]1O)NC(=O)CNC(=O)[C@@H](N)CO)C(N)=O. The normalized spacial score (nSPS) is 18.2. The standard InChI is InChI=1S/C41H71N19O12/c42-11-3-1-7-23(35(46)68)57-28(63)16-50-27(62)15-52-38(70)24(8-2-4-12-43)58-30(65)18-53-39(71)25(59-29(64)17-51-37(69)22(44)19-61)9-5-13-48-41(47)49-14-6-10-26-32(66)33(67)40(72-26)60-21-56-31-34(45)54-20-55-36(31)60/h20-26,32-33,40,61,66-67H,1-19,42-44H2,(H2,46,68)(H,50,62)(H,51,69)(H,52,70)(H,53,71)(H,57,63)(H,58,65)(H,59,64)(H2,45,54,55)(H3,47,48,49)/t22-,23-,24-,25-,26+,32+,33+,40+/m0/s1. The van der Waals surface area contributed by atoms with Crippen molar-refractivity contribution in [3.63, 3.8) is 0 Å². The molecule has 0 aliphatic carbocycles. The van der Waals surface area contributed by atoms with E-state index in [1.54, 1.807) is 0 Å². The number of nitrogens with one attached hydrogen (secondary N) is 8. The van der Waals surface area contributed by atoms with Gasteiger partial charge < -0.3 is 97.0 Å². The lowest BCUT2D eigenvalue weighted by Gasteiger charge is -2.21. The lowest BCUT2D eigenvalue weighted by Crippen LogP contribution is -2.54. The van der Waals surface area contributed by atoms with Crippen LogP contribution in [-0.4, -0.2) is 189 Å². The Balaban J connectivity index is 1.51. The molecule has 0 saturated carbocycles. The molecule has 2 aromatic rings. The van der Waals surface area contributed by atoms with Gasteiger partial charge in [0.2, 0.25) is 47.3 Å². The van der Waals surface area contributed by atoms with Crippen molar-refractivity contribution in [1.82, 2.24) is 62.1 Å². The lowest BCUT2D eigenvalue weighted by molar-refractivity contribution is -0.132. The minimum atomic E-state index is -1.29. The first-order chi connectivity index (χ1) is 34.4. The summed E-state index contributed by atoms with van der Waals surface area (Å²) in [4.78, 5) is 117. The van der Waals surface area contributed by atoms with Crippen LogP contribution in [-0.2, 0) is 43.1 Å². The van der Waals surface area contributed by atoms with Gasteiger partial charge in [-0.3, -0.25) is 47.9 Å². The average molecular weight is 1020 g/mol. The van der Waals surface area contributed by atoms with Crippen molar-refractivity contribution in [2.75, 3.05) is 64.7 Å². The largest absolute Gasteiger partial charge is 0.394 e. The van der Waals surface area contributed by atoms with Crippen molar-refractivity contribution in [1.29, 1.82) is 0 Å². The molecule has 0 bridgehead atoms. The van der Waals surface area contributed by atoms with Crippen LogP contribution in [0.3, 0.4) is 0 Å². The summed E-state index contributed by atoms with van der Waals surface area (Å²) in [6.07, 6.45) is 1.78. The molecule has 1 aliphatic heterocycles. The summed E-state index contributed by atoms with van der Waals surface area (Å²) in [5.74, 6) is -5.97. The molecule has 0 spiro atoms. The summed E-state index contributed by atoms with van der Waals surface area (Å²) in [7, 11) is 0. The first-order valence-electron chi connectivity index (χ1n) is 23.4. The third kappa shape index (κ3) is 20.1. The van der Waals surface area contributed by atoms with Crippen LogP contribution in [0.25, 0.3) is 11.2 Å². The first kappa shape index (κ1) is 59.4. The quantitative estimate of drug-likeness (QED) is 0.0179. The molecule has 0 unspecified atom stereocenters. The maximum absolute atomic E-state index is 13.4. The number of primary amides is 1. The molecule has 23 N–H and O–H groups in total. The molecular formula is C41H71N19O12. The fourth-order valence-electron chi connectivity index (χ4n) is 7.07. The zero-order valence-electron chi connectivity index (χ0n) is 39.9. The second-order valence-electron chi connectivity index (χ2n) is 16.7. The Hall–Kier alpha value is -6.90. The number of aromatic nitrogens is 4. The van der Waals surface area contributed by atoms with Crippen LogP contribution >= 0.6 is 0 Å². The summed E-state index contributed by atoms with van der Waals surface area (Å²) < 4.78 is 7.43. The maximum atomic E-state index is 13.4. The van der Waals surface area contributed by atoms with Crippen LogP contribution in [0, 0.1) is 0 Å². The summed E-state index contributed by atoms with van der Waals surface area (Å²) in [6, 6.07) is -4.68. The minimum Gasteiger partial charge on any atom is -0.394 e. The smallest absolute Gasteiger partial charge is 0.243 e. The van der Waals surface area contributed by atoms with Crippen molar-refractivity contribution < 1.29 is 58.4 Å². The molecule has 1 saturated heterocycles. The van der Waals surface area contributed by atoms with Gasteiger partial charge in [0, 0.05) is 13.1 Å². The van der Waals surface area contributed by atoms with E-state index in [0.29, 0.717) is 69.3 Å². The van der Waals surface area contributed by atoms with E-state index >= 15 is 0 Å². The maximum Gasteiger partial charge on any atom is 0.243 e. The van der Waals surface area contributed by atoms with E-state index in [1.807, 2.05) is 0 Å². The molecule has 0 radical (unpaired) electrons. The third-order valence-electron chi connectivity index (χ3n) is 11.0. The zero-order valence-corrected chi connectivity index (χ0v) is 39.9. The number of anilines is 1. The van der Waals surface area contributed by atoms with Gasteiger partial charge in [0.05, 0.1) is 45.2 Å². The van der Waals surface area contributed by atoms with Crippen molar-refractivity contribution in [2.24, 2.45) is 33.7 Å². The van der Waals surface area contributed by atoms with E-state index in [4.69, 9.17) is 44.2 Å². The van der Waals surface area contributed by atoms with Crippen LogP contribution in [0.5, 0.6) is 0 Å². The van der Waals surface area contributed by atoms with Gasteiger partial charge in [0.15, 0.2) is 23.7 Å². The fraction of sp³-hybridized carbons (Fsp3) is 0.659. The van der Waals surface area contributed by atoms with Crippen LogP contribution in [0.2, 0.25) is 0 Å². The molecule has 31 heteroatoms. The average Bonchev–Trinajstić information content (AvgIpc) is 3.91. The monoisotopic (exact) mass is 1020 g/mol. The Kier molecular flexibility index (Phi) is 25.9. The highest BCUT2D eigenvalue weighted by Gasteiger charge is 2.44. The Morgan fingerprint density at radius 3 is 1.81 bits per heavy atom. The number of nitrogens with two attached hydrogens (primary N) is 6. The predicted octanol–water partition coefficient (Wildman–Crippen LogP) is -8.53. The fourth-order valence-corrected chi connectivity index (χ4v) is 7.07. The number of carbonyl (C=O) groups excluding carboxylic acids is 8. The number of nitrogens with zero attached hydrogens (tertiary/aromatic N) is 5. The van der Waals surface area contributed by atoms with Gasteiger partial charge in [0.1, 0.15) is 48.2 Å². The molecular weight excluding hydrogens is 951 g/mol. The molecule has 3 rings (SSSR count). The highest BCUT2D eigenvalue weighted by molar-refractivity contribution is 5.95. The molecule has 8 amide bonds. The van der Waals surface area contributed by atoms with Gasteiger partial charge in [-0.05, 0) is 77.3 Å². The first-order valence-corrected chi connectivity index (χ1v) is 23.4. The van der Waals surface area contributed by atoms with Crippen molar-refractivity contribution >= 4 is 70.2 Å². The number of hydrogen-bond donors (Lipinski definition) is 17. The lowest BCUT2D eigenvalue weighted by atomic mass is 10.1. The van der Waals surface area contributed by atoms with E-state index in [0.717, 1.165) is 0 Å². The number of ether oxygens (including phenoxy) is 1. The van der Waals surface area contributed by atoms with Crippen LogP contribution < -0.4 is 76.9 Å². The number of aliphatic hydroxyl groups is 3. The Morgan fingerprint density at radius 1 is 0.681 bits per heavy atom. The van der Waals surface area contributed by atoms with E-state index in [2.05, 4.69) is 62.5 Å². The highest BCUT2D eigenvalue weighted by atomic mass is 16.6. The Labute approximate surface area is 413 Å². The molecule has 0 aromatic carbocycles. The Morgan fingerprint density at radius 2 is 1.22 bits per heavy atom. The van der Waals surface area contributed by atoms with Crippen molar-refractivity contribution in [3.8, 4) is 0 Å². The number of imidazole rings is 1. The zero-order chi connectivity index (χ0) is 53.2. The second kappa shape index (κ2) is 31.4. The molecule has 3 heterocycles. The van der Waals surface area contributed by atoms with Crippen LogP contribution in [0.15, 0.2) is 17.6 Å². The molecule has 72 heavy (non-hydrogen) atoms. The summed E-state index contributed by atoms with van der Waals surface area (Å²) in [5, 5.41) is 50.3. The number of fused-ring (bicyclic) bond motifs is 1. The van der Waals surface area contributed by atoms with E-state index < -0.39 is 129 Å². The number of carbonyl (C=O) groups is 8. The number of aliphatic imine (C=N–C) groups is 1. The second-order valence-corrected chi connectivity index (χ2v) is 16.7. The van der Waals surface area contributed by atoms with Crippen molar-refractivity contribution in [3.05, 3.63) is 12.7 Å². The predicted molar refractivity (Wildman–Crippen MR) is 257 cm³/mol. The number of aliphatic hydroxyl groups excluding tert-OH is 3. The van der Waals surface area contributed by atoms with Gasteiger partial charge >= 0.3 is 0 Å². The van der Waals surface area contributed by atoms with E-state index in [-0.39, 0.29) is 44.0 Å². The summed E-state index contributed by atoms with van der Waals surface area (Å²) in [6.45, 7) is -1.95. The van der Waals surface area contributed by atoms with Gasteiger partial charge in [0.25, 0.3) is 0 Å². The highest BCUT2D eigenvalue weighted by Crippen LogP contribution is 2.33. The number of unbranched alkanes of at least 4 members (excludes halogenated alkanes) is 2. The van der Waals surface area contributed by atoms with Gasteiger partial charge in [-0.2, -0.15) is 0 Å². The van der Waals surface area contributed by atoms with Crippen molar-refractivity contribution in [2.45, 2.75) is 113 Å². The number of rotatable bonds is 33. The molecule has 31 nitrogen and oxygen atoms in total. The van der Waals surface area contributed by atoms with E-state index in [9.17, 15) is 48.6 Å². The van der Waals surface area contributed by atoms with Crippen LogP contribution in [0.1, 0.15) is 70.4 Å². The van der Waals surface area contributed by atoms with Gasteiger partial charge in [-0.15, -0.1) is 0 Å². The number of guanidine groups is 1.